The van der Waals surface area contributed by atoms with E-state index in [0.29, 0.717) is 7.11 Å². The van der Waals surface area contributed by atoms with Crippen molar-refractivity contribution in [2.75, 3.05) is 7.11 Å². The maximum absolute atomic E-state index is 14.0. The minimum absolute atomic E-state index is 0.457. The first-order valence-corrected chi connectivity index (χ1v) is 6.59. The second kappa shape index (κ2) is 5.09. The molecule has 2 rings (SSSR count). The highest BCUT2D eigenvalue weighted by atomic mass is 32.2. The normalized spacial score (nSPS) is 12.2. The number of benzene rings is 2. The standard InChI is InChI=1S/C11H3F7O3S/c1-21-22(19,20)11-7(15)3-2(6(14)10(11)18)4(12)8(16)9(17)5(3)13/h1H3. The molecule has 0 heterocycles. The Kier molecular flexibility index (Phi) is 3.81. The minimum Gasteiger partial charge on any atom is -0.270 e. The van der Waals surface area contributed by atoms with Gasteiger partial charge in [0, 0.05) is 0 Å². The predicted molar refractivity (Wildman–Crippen MR) is 57.8 cm³/mol. The molecule has 11 heteroatoms. The maximum atomic E-state index is 14.0. The summed E-state index contributed by atoms with van der Waals surface area (Å²) < 4.78 is 121. The Bertz CT molecular complexity index is 909. The molecule has 0 unspecified atom stereocenters. The van der Waals surface area contributed by atoms with Crippen LogP contribution in [0.3, 0.4) is 0 Å². The molecule has 120 valence electrons. The van der Waals surface area contributed by atoms with Crippen molar-refractivity contribution in [1.29, 1.82) is 0 Å². The first-order valence-electron chi connectivity index (χ1n) is 5.19. The van der Waals surface area contributed by atoms with Crippen molar-refractivity contribution in [3.63, 3.8) is 0 Å². The molecule has 0 aliphatic heterocycles. The van der Waals surface area contributed by atoms with E-state index in [1.807, 2.05) is 0 Å². The summed E-state index contributed by atoms with van der Waals surface area (Å²) in [6.07, 6.45) is 0. The minimum atomic E-state index is -5.22. The molecule has 0 aromatic heterocycles. The fourth-order valence-electron chi connectivity index (χ4n) is 1.77. The molecule has 2 aromatic rings. The number of hydrogen-bond acceptors (Lipinski definition) is 3. The molecule has 22 heavy (non-hydrogen) atoms. The van der Waals surface area contributed by atoms with Gasteiger partial charge in [-0.1, -0.05) is 0 Å². The number of fused-ring (bicyclic) bond motifs is 1. The quantitative estimate of drug-likeness (QED) is 0.362. The first kappa shape index (κ1) is 16.5. The van der Waals surface area contributed by atoms with Gasteiger partial charge in [-0.05, 0) is 0 Å². The summed E-state index contributed by atoms with van der Waals surface area (Å²) in [5.74, 6) is -17.1. The fraction of sp³-hybridized carbons (Fsp3) is 0.0909. The Hall–Kier alpha value is -1.88. The Morgan fingerprint density at radius 2 is 1.00 bits per heavy atom. The van der Waals surface area contributed by atoms with E-state index in [2.05, 4.69) is 4.18 Å². The summed E-state index contributed by atoms with van der Waals surface area (Å²) in [6.45, 7) is 0. The molecule has 0 saturated carbocycles. The monoisotopic (exact) mass is 348 g/mol. The van der Waals surface area contributed by atoms with E-state index in [1.165, 1.54) is 0 Å². The van der Waals surface area contributed by atoms with E-state index in [1.54, 1.807) is 0 Å². The van der Waals surface area contributed by atoms with Crippen LogP contribution in [0.2, 0.25) is 0 Å². The number of rotatable bonds is 2. The lowest BCUT2D eigenvalue weighted by molar-refractivity contribution is 0.379. The zero-order valence-corrected chi connectivity index (χ0v) is 11.1. The van der Waals surface area contributed by atoms with Gasteiger partial charge in [0.05, 0.1) is 17.9 Å². The molecule has 0 radical (unpaired) electrons. The average molecular weight is 348 g/mol. The zero-order valence-electron chi connectivity index (χ0n) is 10.3. The number of hydrogen-bond donors (Lipinski definition) is 0. The van der Waals surface area contributed by atoms with Gasteiger partial charge in [-0.3, -0.25) is 4.18 Å². The highest BCUT2D eigenvalue weighted by Crippen LogP contribution is 2.36. The van der Waals surface area contributed by atoms with Crippen molar-refractivity contribution < 1.29 is 43.3 Å². The lowest BCUT2D eigenvalue weighted by Gasteiger charge is -2.11. The third-order valence-electron chi connectivity index (χ3n) is 2.77. The smallest absolute Gasteiger partial charge is 0.270 e. The Morgan fingerprint density at radius 1 is 0.636 bits per heavy atom. The third-order valence-corrected chi connectivity index (χ3v) is 4.06. The molecular formula is C11H3F7O3S. The molecule has 2 aromatic carbocycles. The van der Waals surface area contributed by atoms with Gasteiger partial charge >= 0.3 is 10.1 Å². The molecule has 0 bridgehead atoms. The van der Waals surface area contributed by atoms with Gasteiger partial charge in [-0.2, -0.15) is 8.42 Å². The summed E-state index contributed by atoms with van der Waals surface area (Å²) >= 11 is 0. The average Bonchev–Trinajstić information content (AvgIpc) is 2.46. The SMILES string of the molecule is COS(=O)(=O)c1c(F)c(F)c2c(F)c(F)c(F)c(F)c2c1F. The van der Waals surface area contributed by atoms with Gasteiger partial charge < -0.3 is 0 Å². The Morgan fingerprint density at radius 3 is 1.41 bits per heavy atom. The van der Waals surface area contributed by atoms with Crippen LogP contribution >= 0.6 is 0 Å². The van der Waals surface area contributed by atoms with Gasteiger partial charge in [0.2, 0.25) is 0 Å². The Labute approximate surface area is 118 Å². The van der Waals surface area contributed by atoms with Crippen LogP contribution in [0.25, 0.3) is 10.8 Å². The van der Waals surface area contributed by atoms with Crippen molar-refractivity contribution in [2.24, 2.45) is 0 Å². The van der Waals surface area contributed by atoms with Crippen molar-refractivity contribution in [3.05, 3.63) is 40.7 Å². The summed E-state index contributed by atoms with van der Waals surface area (Å²) in [7, 11) is -4.76. The molecule has 0 aliphatic carbocycles. The van der Waals surface area contributed by atoms with Crippen molar-refractivity contribution in [1.82, 2.24) is 0 Å². The molecular weight excluding hydrogens is 345 g/mol. The highest BCUT2D eigenvalue weighted by Gasteiger charge is 2.35. The molecule has 0 fully saturated rings. The van der Waals surface area contributed by atoms with E-state index in [4.69, 9.17) is 0 Å². The zero-order chi connectivity index (χ0) is 17.0. The predicted octanol–water partition coefficient (Wildman–Crippen LogP) is 3.15. The van der Waals surface area contributed by atoms with Crippen LogP contribution in [0, 0.1) is 40.7 Å². The lowest BCUT2D eigenvalue weighted by Crippen LogP contribution is -2.13. The summed E-state index contributed by atoms with van der Waals surface area (Å²) in [4.78, 5) is -2.09. The Balaban J connectivity index is 3.23. The van der Waals surface area contributed by atoms with Crippen LogP contribution in [0.5, 0.6) is 0 Å². The van der Waals surface area contributed by atoms with E-state index in [-0.39, 0.29) is 0 Å². The van der Waals surface area contributed by atoms with Gasteiger partial charge in [0.15, 0.2) is 45.6 Å². The second-order valence-corrected chi connectivity index (χ2v) is 5.55. The van der Waals surface area contributed by atoms with Crippen LogP contribution in [-0.4, -0.2) is 15.5 Å². The van der Waals surface area contributed by atoms with Crippen molar-refractivity contribution in [3.8, 4) is 0 Å². The molecule has 0 spiro atoms. The van der Waals surface area contributed by atoms with E-state index >= 15 is 0 Å². The maximum Gasteiger partial charge on any atom is 0.302 e. The molecule has 0 aliphatic rings. The van der Waals surface area contributed by atoms with E-state index in [0.717, 1.165) is 0 Å². The lowest BCUT2D eigenvalue weighted by atomic mass is 10.1. The molecule has 0 N–H and O–H groups in total. The van der Waals surface area contributed by atoms with Crippen LogP contribution in [0.1, 0.15) is 0 Å². The van der Waals surface area contributed by atoms with E-state index < -0.39 is 66.5 Å². The third kappa shape index (κ3) is 2.03. The fourth-order valence-corrected chi connectivity index (χ4v) is 2.56. The largest absolute Gasteiger partial charge is 0.302 e. The van der Waals surface area contributed by atoms with Crippen molar-refractivity contribution >= 4 is 20.9 Å². The van der Waals surface area contributed by atoms with Gasteiger partial charge in [0.1, 0.15) is 0 Å². The van der Waals surface area contributed by atoms with Crippen LogP contribution in [-0.2, 0) is 14.3 Å². The van der Waals surface area contributed by atoms with Crippen LogP contribution < -0.4 is 0 Å². The number of halogens is 7. The first-order chi connectivity index (χ1) is 10.1. The summed E-state index contributed by atoms with van der Waals surface area (Å²) in [5.41, 5.74) is 0. The highest BCUT2D eigenvalue weighted by molar-refractivity contribution is 7.86. The summed E-state index contributed by atoms with van der Waals surface area (Å²) in [6, 6.07) is 0. The van der Waals surface area contributed by atoms with Crippen LogP contribution in [0.4, 0.5) is 30.7 Å². The molecule has 0 saturated heterocycles. The second-order valence-electron chi connectivity index (χ2n) is 3.90. The van der Waals surface area contributed by atoms with Gasteiger partial charge in [0.25, 0.3) is 0 Å². The summed E-state index contributed by atoms with van der Waals surface area (Å²) in [5, 5.41) is -3.80. The van der Waals surface area contributed by atoms with Crippen molar-refractivity contribution in [2.45, 2.75) is 4.90 Å². The van der Waals surface area contributed by atoms with Crippen LogP contribution in [0.15, 0.2) is 4.90 Å². The molecule has 0 amide bonds. The van der Waals surface area contributed by atoms with E-state index in [9.17, 15) is 39.2 Å². The van der Waals surface area contributed by atoms with Gasteiger partial charge in [-0.15, -0.1) is 0 Å². The van der Waals surface area contributed by atoms with Gasteiger partial charge in [-0.25, -0.2) is 30.7 Å². The molecule has 0 atom stereocenters. The topological polar surface area (TPSA) is 43.4 Å². The molecule has 3 nitrogen and oxygen atoms in total.